The van der Waals surface area contributed by atoms with Crippen LogP contribution in [0.25, 0.3) is 0 Å². The van der Waals surface area contributed by atoms with E-state index >= 15 is 0 Å². The Morgan fingerprint density at radius 3 is 2.54 bits per heavy atom. The van der Waals surface area contributed by atoms with E-state index in [-0.39, 0.29) is 25.3 Å². The van der Waals surface area contributed by atoms with Crippen molar-refractivity contribution >= 4 is 17.8 Å². The summed E-state index contributed by atoms with van der Waals surface area (Å²) in [6, 6.07) is -0.646. The Kier molecular flexibility index (Phi) is 4.00. The van der Waals surface area contributed by atoms with Crippen molar-refractivity contribution in [2.75, 3.05) is 19.6 Å². The fourth-order valence-corrected chi connectivity index (χ4v) is 3.50. The maximum Gasteiger partial charge on any atom is 0.393 e. The number of imide groups is 1. The van der Waals surface area contributed by atoms with Crippen LogP contribution in [-0.4, -0.2) is 59.0 Å². The van der Waals surface area contributed by atoms with E-state index in [9.17, 15) is 27.6 Å². The topological polar surface area (TPSA) is 69.7 Å². The van der Waals surface area contributed by atoms with Gasteiger partial charge in [-0.15, -0.1) is 0 Å². The SMILES string of the molecule is CC1(C2CC2)NC(=O)N(CC(=O)N2CCCC(C(F)(F)F)C2)C1=O. The standard InChI is InChI=1S/C15H20F3N3O3/c1-14(9-4-5-9)12(23)21(13(24)19-14)8-11(22)20-6-2-3-10(7-20)15(16,17)18/h9-10H,2-8H2,1H3,(H,19,24). The minimum atomic E-state index is -4.34. The lowest BCUT2D eigenvalue weighted by Crippen LogP contribution is -2.50. The highest BCUT2D eigenvalue weighted by Gasteiger charge is 2.56. The van der Waals surface area contributed by atoms with Crippen LogP contribution < -0.4 is 5.32 Å². The molecule has 9 heteroatoms. The number of urea groups is 1. The predicted molar refractivity (Wildman–Crippen MR) is 76.7 cm³/mol. The monoisotopic (exact) mass is 347 g/mol. The maximum absolute atomic E-state index is 12.8. The average Bonchev–Trinajstić information content (AvgIpc) is 3.33. The van der Waals surface area contributed by atoms with Crippen molar-refractivity contribution in [3.63, 3.8) is 0 Å². The van der Waals surface area contributed by atoms with Crippen molar-refractivity contribution in [3.05, 3.63) is 0 Å². The van der Waals surface area contributed by atoms with Gasteiger partial charge in [-0.1, -0.05) is 0 Å². The number of nitrogens with zero attached hydrogens (tertiary/aromatic N) is 2. The fourth-order valence-electron chi connectivity index (χ4n) is 3.50. The summed E-state index contributed by atoms with van der Waals surface area (Å²) < 4.78 is 38.5. The Morgan fingerprint density at radius 2 is 1.96 bits per heavy atom. The minimum absolute atomic E-state index is 0.00381. The van der Waals surface area contributed by atoms with Gasteiger partial charge in [-0.2, -0.15) is 13.2 Å². The van der Waals surface area contributed by atoms with E-state index in [1.807, 2.05) is 0 Å². The largest absolute Gasteiger partial charge is 0.393 e. The highest BCUT2D eigenvalue weighted by atomic mass is 19.4. The zero-order valence-corrected chi connectivity index (χ0v) is 13.4. The lowest BCUT2D eigenvalue weighted by Gasteiger charge is -2.34. The number of carbonyl (C=O) groups is 3. The first-order valence-corrected chi connectivity index (χ1v) is 8.11. The Bertz CT molecular complexity index is 576. The fraction of sp³-hybridized carbons (Fsp3) is 0.800. The summed E-state index contributed by atoms with van der Waals surface area (Å²) in [5, 5.41) is 2.62. The van der Waals surface area contributed by atoms with Crippen LogP contribution in [-0.2, 0) is 9.59 Å². The summed E-state index contributed by atoms with van der Waals surface area (Å²) in [6.07, 6.45) is -2.41. The van der Waals surface area contributed by atoms with Gasteiger partial charge in [0.05, 0.1) is 5.92 Å². The van der Waals surface area contributed by atoms with E-state index in [1.54, 1.807) is 6.92 Å². The molecule has 1 N–H and O–H groups in total. The predicted octanol–water partition coefficient (Wildman–Crippen LogP) is 1.51. The molecule has 1 saturated carbocycles. The molecule has 1 aliphatic carbocycles. The molecule has 0 radical (unpaired) electrons. The maximum atomic E-state index is 12.8. The quantitative estimate of drug-likeness (QED) is 0.787. The second-order valence-electron chi connectivity index (χ2n) is 7.02. The second kappa shape index (κ2) is 5.63. The van der Waals surface area contributed by atoms with Gasteiger partial charge < -0.3 is 10.2 Å². The molecule has 0 aromatic heterocycles. The summed E-state index contributed by atoms with van der Waals surface area (Å²) >= 11 is 0. The van der Waals surface area contributed by atoms with Crippen molar-refractivity contribution in [1.82, 2.24) is 15.1 Å². The lowest BCUT2D eigenvalue weighted by molar-refractivity contribution is -0.188. The van der Waals surface area contributed by atoms with Crippen LogP contribution in [0.2, 0.25) is 0 Å². The molecule has 0 spiro atoms. The van der Waals surface area contributed by atoms with Crippen LogP contribution in [0.15, 0.2) is 0 Å². The van der Waals surface area contributed by atoms with Gasteiger partial charge in [0.2, 0.25) is 5.91 Å². The summed E-state index contributed by atoms with van der Waals surface area (Å²) in [5.41, 5.74) is -0.992. The highest BCUT2D eigenvalue weighted by molar-refractivity contribution is 6.09. The molecule has 3 fully saturated rings. The molecule has 6 nitrogen and oxygen atoms in total. The molecule has 3 aliphatic rings. The van der Waals surface area contributed by atoms with Crippen molar-refractivity contribution in [1.29, 1.82) is 0 Å². The summed E-state index contributed by atoms with van der Waals surface area (Å²) in [7, 11) is 0. The minimum Gasteiger partial charge on any atom is -0.341 e. The van der Waals surface area contributed by atoms with Crippen LogP contribution in [0.1, 0.15) is 32.6 Å². The van der Waals surface area contributed by atoms with E-state index in [0.717, 1.165) is 22.6 Å². The molecule has 24 heavy (non-hydrogen) atoms. The van der Waals surface area contributed by atoms with Crippen LogP contribution in [0.4, 0.5) is 18.0 Å². The number of carbonyl (C=O) groups excluding carboxylic acids is 3. The summed E-state index contributed by atoms with van der Waals surface area (Å²) in [5.74, 6) is -2.56. The molecule has 2 aliphatic heterocycles. The lowest BCUT2D eigenvalue weighted by atomic mass is 9.96. The van der Waals surface area contributed by atoms with Gasteiger partial charge >= 0.3 is 12.2 Å². The number of hydrogen-bond acceptors (Lipinski definition) is 3. The molecule has 0 aromatic carbocycles. The Labute approximate surface area is 137 Å². The molecule has 0 aromatic rings. The molecular weight excluding hydrogens is 327 g/mol. The number of nitrogens with one attached hydrogen (secondary N) is 1. The Morgan fingerprint density at radius 1 is 1.29 bits per heavy atom. The molecule has 3 rings (SSSR count). The van der Waals surface area contributed by atoms with Crippen LogP contribution in [0.3, 0.4) is 0 Å². The molecule has 0 bridgehead atoms. The van der Waals surface area contributed by atoms with E-state index in [1.165, 1.54) is 0 Å². The van der Waals surface area contributed by atoms with E-state index < -0.39 is 48.6 Å². The smallest absolute Gasteiger partial charge is 0.341 e. The third-order valence-corrected chi connectivity index (χ3v) is 5.23. The molecule has 134 valence electrons. The molecule has 2 atom stereocenters. The molecular formula is C15H20F3N3O3. The molecule has 2 unspecified atom stereocenters. The average molecular weight is 347 g/mol. The van der Waals surface area contributed by atoms with Crippen molar-refractivity contribution in [2.45, 2.75) is 44.3 Å². The first kappa shape index (κ1) is 17.0. The highest BCUT2D eigenvalue weighted by Crippen LogP contribution is 2.42. The van der Waals surface area contributed by atoms with Crippen LogP contribution in [0, 0.1) is 11.8 Å². The summed E-state index contributed by atoms with van der Waals surface area (Å²) in [6.45, 7) is 0.939. The molecule has 4 amide bonds. The number of likely N-dealkylation sites (tertiary alicyclic amines) is 1. The zero-order chi connectivity index (χ0) is 17.7. The number of alkyl halides is 3. The summed E-state index contributed by atoms with van der Waals surface area (Å²) in [4.78, 5) is 38.7. The van der Waals surface area contributed by atoms with Gasteiger partial charge in [-0.3, -0.25) is 14.5 Å². The zero-order valence-electron chi connectivity index (χ0n) is 13.4. The molecule has 2 saturated heterocycles. The number of piperidine rings is 1. The number of hydrogen-bond donors (Lipinski definition) is 1. The van der Waals surface area contributed by atoms with Crippen molar-refractivity contribution in [3.8, 4) is 0 Å². The third kappa shape index (κ3) is 2.95. The molecule has 2 heterocycles. The van der Waals surface area contributed by atoms with Crippen LogP contribution >= 0.6 is 0 Å². The van der Waals surface area contributed by atoms with E-state index in [2.05, 4.69) is 5.32 Å². The van der Waals surface area contributed by atoms with Crippen molar-refractivity contribution in [2.24, 2.45) is 11.8 Å². The first-order valence-electron chi connectivity index (χ1n) is 8.11. The van der Waals surface area contributed by atoms with Gasteiger partial charge in [-0.25, -0.2) is 4.79 Å². The van der Waals surface area contributed by atoms with Gasteiger partial charge in [-0.05, 0) is 38.5 Å². The number of rotatable bonds is 3. The van der Waals surface area contributed by atoms with Crippen LogP contribution in [0.5, 0.6) is 0 Å². The van der Waals surface area contributed by atoms with E-state index in [0.29, 0.717) is 0 Å². The van der Waals surface area contributed by atoms with Crippen molar-refractivity contribution < 1.29 is 27.6 Å². The van der Waals surface area contributed by atoms with E-state index in [4.69, 9.17) is 0 Å². The number of halogens is 3. The van der Waals surface area contributed by atoms with Gasteiger partial charge in [0, 0.05) is 13.1 Å². The number of amides is 4. The van der Waals surface area contributed by atoms with Gasteiger partial charge in [0.15, 0.2) is 0 Å². The third-order valence-electron chi connectivity index (χ3n) is 5.23. The normalized spacial score (nSPS) is 31.4. The van der Waals surface area contributed by atoms with Gasteiger partial charge in [0.1, 0.15) is 12.1 Å². The second-order valence-corrected chi connectivity index (χ2v) is 7.02. The Hall–Kier alpha value is -1.80. The first-order chi connectivity index (χ1) is 11.1. The Balaban J connectivity index is 1.64. The van der Waals surface area contributed by atoms with Gasteiger partial charge in [0.25, 0.3) is 5.91 Å².